The Balaban J connectivity index is 1.76. The third-order valence-electron chi connectivity index (χ3n) is 5.05. The van der Waals surface area contributed by atoms with Gasteiger partial charge in [-0.2, -0.15) is 0 Å². The van der Waals surface area contributed by atoms with Crippen molar-refractivity contribution in [3.8, 4) is 5.75 Å². The van der Waals surface area contributed by atoms with Crippen LogP contribution in [-0.2, 0) is 9.53 Å². The third-order valence-corrected chi connectivity index (χ3v) is 5.05. The highest BCUT2D eigenvalue weighted by Gasteiger charge is 2.33. The number of likely N-dealkylation sites (tertiary alicyclic amines) is 1. The molecule has 3 atom stereocenters. The molecule has 2 heterocycles. The number of carbonyl (C=O) groups is 1. The van der Waals surface area contributed by atoms with Crippen LogP contribution >= 0.6 is 0 Å². The number of amides is 1. The summed E-state index contributed by atoms with van der Waals surface area (Å²) >= 11 is 0. The van der Waals surface area contributed by atoms with Crippen molar-refractivity contribution in [3.05, 3.63) is 37.2 Å². The minimum atomic E-state index is -4.79. The number of ether oxygens (including phenoxy) is 2. The van der Waals surface area contributed by atoms with Crippen LogP contribution in [0.4, 0.5) is 19.0 Å². The summed E-state index contributed by atoms with van der Waals surface area (Å²) in [6.07, 6.45) is -0.345. The average Bonchev–Trinajstić information content (AvgIpc) is 2.71. The normalized spacial score (nSPS) is 20.6. The predicted octanol–water partition coefficient (Wildman–Crippen LogP) is 3.52. The van der Waals surface area contributed by atoms with E-state index >= 15 is 0 Å². The first kappa shape index (κ1) is 21.8. The second-order valence-corrected chi connectivity index (χ2v) is 7.03. The Labute approximate surface area is 171 Å². The number of carbonyl (C=O) groups excluding carboxylic acids is 1. The highest BCUT2D eigenvalue weighted by atomic mass is 19.4. The maximum absolute atomic E-state index is 13.0. The molecule has 0 spiro atoms. The van der Waals surface area contributed by atoms with Crippen molar-refractivity contribution in [2.75, 3.05) is 19.0 Å². The van der Waals surface area contributed by atoms with Crippen molar-refractivity contribution in [3.63, 3.8) is 0 Å². The number of anilines is 1. The van der Waals surface area contributed by atoms with Gasteiger partial charge in [-0.15, -0.1) is 19.8 Å². The molecule has 1 amide bonds. The number of benzene rings is 1. The maximum atomic E-state index is 13.0. The second kappa shape index (κ2) is 8.86. The smallest absolute Gasteiger partial charge is 0.406 e. The van der Waals surface area contributed by atoms with Crippen LogP contribution < -0.4 is 10.1 Å². The number of aromatic nitrogens is 2. The molecule has 162 valence electrons. The van der Waals surface area contributed by atoms with Crippen LogP contribution in [0.1, 0.15) is 19.8 Å². The number of piperidine rings is 1. The monoisotopic (exact) mass is 424 g/mol. The molecule has 30 heavy (non-hydrogen) atoms. The van der Waals surface area contributed by atoms with Gasteiger partial charge in [0, 0.05) is 25.1 Å². The Morgan fingerprint density at radius 2 is 2.17 bits per heavy atom. The number of rotatable bonds is 6. The van der Waals surface area contributed by atoms with Crippen molar-refractivity contribution in [1.82, 2.24) is 14.9 Å². The predicted molar refractivity (Wildman–Crippen MR) is 105 cm³/mol. The number of halogens is 3. The van der Waals surface area contributed by atoms with Gasteiger partial charge in [-0.25, -0.2) is 9.97 Å². The van der Waals surface area contributed by atoms with Crippen LogP contribution in [0.15, 0.2) is 37.2 Å². The molecular formula is C20H23F3N4O3. The Hall–Kier alpha value is -2.88. The standard InChI is InChI=1S/C20H23F3N4O3/c1-4-13-9-14(29-3)7-8-27(13)19(28)12(2)26-18-16-6-5-15(30-20(21,22)23)10-17(16)24-11-25-18/h4-6,10-14H,1,7-9H2,2-3H3,(H,24,25,26)/t12-,13+,14+/m1/s1. The summed E-state index contributed by atoms with van der Waals surface area (Å²) < 4.78 is 46.7. The Kier molecular flexibility index (Phi) is 6.45. The maximum Gasteiger partial charge on any atom is 0.573 e. The zero-order chi connectivity index (χ0) is 21.9. The fourth-order valence-electron chi connectivity index (χ4n) is 3.54. The zero-order valence-electron chi connectivity index (χ0n) is 16.6. The van der Waals surface area contributed by atoms with Gasteiger partial charge in [-0.05, 0) is 31.9 Å². The molecule has 0 saturated carbocycles. The average molecular weight is 424 g/mol. The van der Waals surface area contributed by atoms with E-state index in [0.717, 1.165) is 6.42 Å². The molecule has 1 aromatic carbocycles. The van der Waals surface area contributed by atoms with Gasteiger partial charge < -0.3 is 19.7 Å². The van der Waals surface area contributed by atoms with Gasteiger partial charge >= 0.3 is 6.36 Å². The Morgan fingerprint density at radius 1 is 1.40 bits per heavy atom. The summed E-state index contributed by atoms with van der Waals surface area (Å²) in [5, 5.41) is 3.53. The second-order valence-electron chi connectivity index (χ2n) is 7.03. The van der Waals surface area contributed by atoms with Crippen molar-refractivity contribution >= 4 is 22.6 Å². The van der Waals surface area contributed by atoms with Crippen molar-refractivity contribution in [1.29, 1.82) is 0 Å². The molecule has 1 N–H and O–H groups in total. The lowest BCUT2D eigenvalue weighted by Crippen LogP contribution is -2.51. The lowest BCUT2D eigenvalue weighted by molar-refractivity contribution is -0.274. The van der Waals surface area contributed by atoms with Crippen LogP contribution in [0.25, 0.3) is 10.9 Å². The number of nitrogens with one attached hydrogen (secondary N) is 1. The van der Waals surface area contributed by atoms with Gasteiger partial charge in [0.1, 0.15) is 23.9 Å². The number of nitrogens with zero attached hydrogens (tertiary/aromatic N) is 3. The van der Waals surface area contributed by atoms with Crippen molar-refractivity contribution in [2.45, 2.75) is 44.3 Å². The number of hydrogen-bond donors (Lipinski definition) is 1. The van der Waals surface area contributed by atoms with Gasteiger partial charge in [0.15, 0.2) is 0 Å². The molecule has 0 radical (unpaired) electrons. The number of alkyl halides is 3. The molecule has 2 aromatic rings. The van der Waals surface area contributed by atoms with Crippen LogP contribution in [0, 0.1) is 0 Å². The largest absolute Gasteiger partial charge is 0.573 e. The first-order chi connectivity index (χ1) is 14.2. The van der Waals surface area contributed by atoms with E-state index in [-0.39, 0.29) is 29.3 Å². The molecule has 0 aliphatic carbocycles. The first-order valence-electron chi connectivity index (χ1n) is 9.44. The van der Waals surface area contributed by atoms with E-state index in [0.29, 0.717) is 24.2 Å². The summed E-state index contributed by atoms with van der Waals surface area (Å²) in [6, 6.07) is 3.03. The summed E-state index contributed by atoms with van der Waals surface area (Å²) in [5.41, 5.74) is 0.263. The Bertz CT molecular complexity index is 922. The summed E-state index contributed by atoms with van der Waals surface area (Å²) in [4.78, 5) is 22.9. The molecule has 7 nitrogen and oxygen atoms in total. The molecule has 10 heteroatoms. The van der Waals surface area contributed by atoms with Crippen molar-refractivity contribution < 1.29 is 27.4 Å². The molecule has 3 rings (SSSR count). The summed E-state index contributed by atoms with van der Waals surface area (Å²) in [6.45, 7) is 6.07. The molecule has 1 aliphatic rings. The highest BCUT2D eigenvalue weighted by molar-refractivity contribution is 5.92. The van der Waals surface area contributed by atoms with Gasteiger partial charge in [-0.3, -0.25) is 4.79 Å². The minimum Gasteiger partial charge on any atom is -0.406 e. The number of fused-ring (bicyclic) bond motifs is 1. The van der Waals surface area contributed by atoms with Crippen molar-refractivity contribution in [2.24, 2.45) is 0 Å². The van der Waals surface area contributed by atoms with E-state index in [9.17, 15) is 18.0 Å². The highest BCUT2D eigenvalue weighted by Crippen LogP contribution is 2.28. The molecule has 1 saturated heterocycles. The minimum absolute atomic E-state index is 0.0826. The third kappa shape index (κ3) is 4.99. The van der Waals surface area contributed by atoms with E-state index in [2.05, 4.69) is 26.6 Å². The quantitative estimate of drug-likeness (QED) is 0.715. The van der Waals surface area contributed by atoms with E-state index < -0.39 is 12.4 Å². The van der Waals surface area contributed by atoms with E-state index in [1.807, 2.05) is 0 Å². The molecule has 0 bridgehead atoms. The van der Waals surface area contributed by atoms with Gasteiger partial charge in [0.25, 0.3) is 0 Å². The SMILES string of the molecule is C=C[C@H]1C[C@@H](OC)CCN1C(=O)[C@@H](C)Nc1ncnc2cc(OC(F)(F)F)ccc12. The van der Waals surface area contributed by atoms with E-state index in [1.165, 1.54) is 24.5 Å². The lowest BCUT2D eigenvalue weighted by Gasteiger charge is -2.38. The fourth-order valence-corrected chi connectivity index (χ4v) is 3.54. The van der Waals surface area contributed by atoms with E-state index in [4.69, 9.17) is 4.74 Å². The number of hydrogen-bond acceptors (Lipinski definition) is 6. The van der Waals surface area contributed by atoms with Gasteiger partial charge in [-0.1, -0.05) is 6.08 Å². The van der Waals surface area contributed by atoms with Crippen LogP contribution in [-0.4, -0.2) is 59.0 Å². The van der Waals surface area contributed by atoms with Gasteiger partial charge in [0.2, 0.25) is 5.91 Å². The van der Waals surface area contributed by atoms with Crippen LogP contribution in [0.3, 0.4) is 0 Å². The summed E-state index contributed by atoms with van der Waals surface area (Å²) in [7, 11) is 1.65. The fraction of sp³-hybridized carbons (Fsp3) is 0.450. The van der Waals surface area contributed by atoms with Crippen LogP contribution in [0.2, 0.25) is 0 Å². The molecular weight excluding hydrogens is 401 g/mol. The number of methoxy groups -OCH3 is 1. The summed E-state index contributed by atoms with van der Waals surface area (Å²) in [5.74, 6) is -0.154. The topological polar surface area (TPSA) is 76.6 Å². The molecule has 1 aromatic heterocycles. The Morgan fingerprint density at radius 3 is 2.83 bits per heavy atom. The van der Waals surface area contributed by atoms with Gasteiger partial charge in [0.05, 0.1) is 17.7 Å². The molecule has 1 fully saturated rings. The lowest BCUT2D eigenvalue weighted by atomic mass is 9.98. The van der Waals surface area contributed by atoms with Crippen LogP contribution in [0.5, 0.6) is 5.75 Å². The molecule has 0 unspecified atom stereocenters. The zero-order valence-corrected chi connectivity index (χ0v) is 16.6. The molecule has 1 aliphatic heterocycles. The van der Waals surface area contributed by atoms with E-state index in [1.54, 1.807) is 25.0 Å². The first-order valence-corrected chi connectivity index (χ1v) is 9.44.